The molecule has 0 amide bonds. The average molecular weight is 415 g/mol. The number of aromatic nitrogens is 2. The van der Waals surface area contributed by atoms with E-state index in [0.717, 1.165) is 39.6 Å². The lowest BCUT2D eigenvalue weighted by Gasteiger charge is -2.17. The quantitative estimate of drug-likeness (QED) is 0.349. The van der Waals surface area contributed by atoms with Gasteiger partial charge in [0, 0.05) is 5.39 Å². The molecule has 0 saturated heterocycles. The predicted molar refractivity (Wildman–Crippen MR) is 126 cm³/mol. The van der Waals surface area contributed by atoms with Crippen LogP contribution in [-0.4, -0.2) is 21.9 Å². The largest absolute Gasteiger partial charge is 0.392 e. The Hall–Kier alpha value is -3.14. The number of nitrogens with zero attached hydrogens (tertiary/aromatic N) is 1. The van der Waals surface area contributed by atoms with Crippen molar-refractivity contribution in [2.75, 3.05) is 6.61 Å². The second kappa shape index (κ2) is 9.12. The molecule has 0 atom stereocenters. The molecule has 0 radical (unpaired) electrons. The number of aliphatic hydroxyl groups excluding tert-OH is 1. The van der Waals surface area contributed by atoms with Gasteiger partial charge in [0.1, 0.15) is 0 Å². The van der Waals surface area contributed by atoms with E-state index < -0.39 is 0 Å². The minimum absolute atomic E-state index is 0.0319. The second-order valence-corrected chi connectivity index (χ2v) is 7.48. The number of aliphatic hydroxyl groups is 1. The molecule has 1 heterocycles. The first kappa shape index (κ1) is 20.1. The van der Waals surface area contributed by atoms with Crippen molar-refractivity contribution < 1.29 is 5.11 Å². The first-order valence-corrected chi connectivity index (χ1v) is 10.4. The number of halogens is 1. The van der Waals surface area contributed by atoms with Crippen LogP contribution in [0.1, 0.15) is 35.6 Å². The number of rotatable bonds is 6. The molecular formula is C26H23ClN2O. The lowest BCUT2D eigenvalue weighted by molar-refractivity contribution is 0.343. The third-order valence-electron chi connectivity index (χ3n) is 5.18. The molecule has 4 rings (SSSR count). The Labute approximate surface area is 181 Å². The van der Waals surface area contributed by atoms with E-state index in [-0.39, 0.29) is 6.61 Å². The van der Waals surface area contributed by atoms with Crippen LogP contribution in [0, 0.1) is 0 Å². The molecule has 0 aliphatic rings. The molecule has 30 heavy (non-hydrogen) atoms. The van der Waals surface area contributed by atoms with Crippen molar-refractivity contribution in [1.29, 1.82) is 0 Å². The molecule has 4 heteroatoms. The van der Waals surface area contributed by atoms with Crippen LogP contribution in [0.4, 0.5) is 0 Å². The van der Waals surface area contributed by atoms with Crippen molar-refractivity contribution in [3.8, 4) is 0 Å². The molecule has 0 aliphatic heterocycles. The van der Waals surface area contributed by atoms with E-state index >= 15 is 0 Å². The van der Waals surface area contributed by atoms with Gasteiger partial charge in [-0.05, 0) is 52.0 Å². The van der Waals surface area contributed by atoms with Gasteiger partial charge in [-0.2, -0.15) is 5.10 Å². The lowest BCUT2D eigenvalue weighted by Crippen LogP contribution is -1.95. The molecule has 0 fully saturated rings. The zero-order valence-electron chi connectivity index (χ0n) is 16.8. The highest BCUT2D eigenvalue weighted by Gasteiger charge is 2.15. The number of aromatic amines is 1. The highest BCUT2D eigenvalue weighted by molar-refractivity contribution is 6.35. The number of hydrogen-bond donors (Lipinski definition) is 2. The van der Waals surface area contributed by atoms with Crippen LogP contribution in [0.3, 0.4) is 0 Å². The van der Waals surface area contributed by atoms with Gasteiger partial charge in [0.25, 0.3) is 0 Å². The molecule has 4 aromatic rings. The van der Waals surface area contributed by atoms with Gasteiger partial charge in [-0.15, -0.1) is 0 Å². The maximum absolute atomic E-state index is 9.03. The lowest BCUT2D eigenvalue weighted by atomic mass is 9.87. The number of nitrogens with one attached hydrogen (secondary N) is 1. The van der Waals surface area contributed by atoms with Crippen LogP contribution in [0.5, 0.6) is 0 Å². The Morgan fingerprint density at radius 2 is 1.77 bits per heavy atom. The van der Waals surface area contributed by atoms with E-state index in [1.807, 2.05) is 18.2 Å². The minimum atomic E-state index is 0.0319. The smallest absolute Gasteiger partial charge is 0.0836 e. The van der Waals surface area contributed by atoms with Crippen molar-refractivity contribution >= 4 is 39.7 Å². The number of benzene rings is 3. The Balaban J connectivity index is 1.94. The van der Waals surface area contributed by atoms with Crippen molar-refractivity contribution in [1.82, 2.24) is 10.2 Å². The summed E-state index contributed by atoms with van der Waals surface area (Å²) in [7, 11) is 0. The zero-order chi connectivity index (χ0) is 20.9. The molecule has 0 spiro atoms. The third kappa shape index (κ3) is 4.09. The maximum Gasteiger partial charge on any atom is 0.0836 e. The van der Waals surface area contributed by atoms with E-state index in [1.165, 1.54) is 11.1 Å². The summed E-state index contributed by atoms with van der Waals surface area (Å²) in [4.78, 5) is 0. The van der Waals surface area contributed by atoms with E-state index in [4.69, 9.17) is 16.7 Å². The molecule has 0 bridgehead atoms. The Morgan fingerprint density at radius 3 is 2.47 bits per heavy atom. The average Bonchev–Trinajstić information content (AvgIpc) is 3.26. The van der Waals surface area contributed by atoms with Gasteiger partial charge in [0.15, 0.2) is 0 Å². The molecular weight excluding hydrogens is 392 g/mol. The Kier molecular flexibility index (Phi) is 6.12. The predicted octanol–water partition coefficient (Wildman–Crippen LogP) is 6.59. The van der Waals surface area contributed by atoms with Gasteiger partial charge in [-0.3, -0.25) is 5.10 Å². The fourth-order valence-corrected chi connectivity index (χ4v) is 4.06. The second-order valence-electron chi connectivity index (χ2n) is 7.07. The molecule has 2 N–H and O–H groups in total. The van der Waals surface area contributed by atoms with E-state index in [2.05, 4.69) is 71.7 Å². The van der Waals surface area contributed by atoms with Gasteiger partial charge in [0.05, 0.1) is 23.3 Å². The number of fused-ring (bicyclic) bond motifs is 1. The van der Waals surface area contributed by atoms with Gasteiger partial charge in [-0.25, -0.2) is 0 Å². The standard InChI is InChI=1S/C26H23ClN2O/c1-2-23(19-8-4-3-5-9-19)25(20-12-10-18(11-13-20)7-6-14-30)21-15-22-17-28-29-26(22)24(27)16-21/h3-13,15-17,30H,2,14H2,1H3,(H,28,29)/b7-6+,25-23+. The van der Waals surface area contributed by atoms with Crippen LogP contribution in [0.15, 0.2) is 79.0 Å². The summed E-state index contributed by atoms with van der Waals surface area (Å²) in [5, 5.41) is 17.8. The molecule has 1 aromatic heterocycles. The van der Waals surface area contributed by atoms with Gasteiger partial charge >= 0.3 is 0 Å². The number of hydrogen-bond acceptors (Lipinski definition) is 2. The first-order chi connectivity index (χ1) is 14.7. The summed E-state index contributed by atoms with van der Waals surface area (Å²) in [6, 6.07) is 23.0. The Bertz CT molecular complexity index is 1210. The fourth-order valence-electron chi connectivity index (χ4n) is 3.79. The van der Waals surface area contributed by atoms with E-state index in [9.17, 15) is 0 Å². The van der Waals surface area contributed by atoms with Gasteiger partial charge < -0.3 is 5.11 Å². The van der Waals surface area contributed by atoms with Crippen molar-refractivity contribution in [2.24, 2.45) is 0 Å². The molecule has 0 unspecified atom stereocenters. The summed E-state index contributed by atoms with van der Waals surface area (Å²) in [6.07, 6.45) is 6.34. The van der Waals surface area contributed by atoms with Gasteiger partial charge in [0.2, 0.25) is 0 Å². The van der Waals surface area contributed by atoms with Crippen molar-refractivity contribution in [3.05, 3.63) is 106 Å². The number of H-pyrrole nitrogens is 1. The van der Waals surface area contributed by atoms with Crippen LogP contribution in [0.25, 0.3) is 28.1 Å². The minimum Gasteiger partial charge on any atom is -0.392 e. The molecule has 0 saturated carbocycles. The highest BCUT2D eigenvalue weighted by Crippen LogP contribution is 2.37. The number of allylic oxidation sites excluding steroid dienone is 1. The SMILES string of the molecule is CC/C(=C(/c1ccc(/C=C/CO)cc1)c1cc(Cl)c2[nH]ncc2c1)c1ccccc1. The van der Waals surface area contributed by atoms with Crippen LogP contribution in [-0.2, 0) is 0 Å². The fraction of sp³-hybridized carbons (Fsp3) is 0.115. The molecule has 150 valence electrons. The maximum atomic E-state index is 9.03. The van der Waals surface area contributed by atoms with E-state index in [1.54, 1.807) is 12.3 Å². The zero-order valence-corrected chi connectivity index (χ0v) is 17.5. The Morgan fingerprint density at radius 1 is 1.00 bits per heavy atom. The van der Waals surface area contributed by atoms with Crippen LogP contribution < -0.4 is 0 Å². The molecule has 3 nitrogen and oxygen atoms in total. The normalized spacial score (nSPS) is 12.5. The van der Waals surface area contributed by atoms with Crippen LogP contribution in [0.2, 0.25) is 5.02 Å². The monoisotopic (exact) mass is 414 g/mol. The summed E-state index contributed by atoms with van der Waals surface area (Å²) < 4.78 is 0. The summed E-state index contributed by atoms with van der Waals surface area (Å²) in [5.41, 5.74) is 7.70. The third-order valence-corrected chi connectivity index (χ3v) is 5.48. The summed E-state index contributed by atoms with van der Waals surface area (Å²) in [6.45, 7) is 2.21. The van der Waals surface area contributed by atoms with E-state index in [0.29, 0.717) is 5.02 Å². The molecule has 0 aliphatic carbocycles. The van der Waals surface area contributed by atoms with Crippen LogP contribution >= 0.6 is 11.6 Å². The van der Waals surface area contributed by atoms with Gasteiger partial charge in [-0.1, -0.05) is 85.3 Å². The summed E-state index contributed by atoms with van der Waals surface area (Å²) >= 11 is 6.58. The topological polar surface area (TPSA) is 48.9 Å². The molecule has 3 aromatic carbocycles. The van der Waals surface area contributed by atoms with Crippen molar-refractivity contribution in [3.63, 3.8) is 0 Å². The highest BCUT2D eigenvalue weighted by atomic mass is 35.5. The first-order valence-electron chi connectivity index (χ1n) is 10.0. The van der Waals surface area contributed by atoms with Crippen molar-refractivity contribution in [2.45, 2.75) is 13.3 Å². The summed E-state index contributed by atoms with van der Waals surface area (Å²) in [5.74, 6) is 0.